The Morgan fingerprint density at radius 1 is 1.10 bits per heavy atom. The molecule has 1 saturated heterocycles. The van der Waals surface area contributed by atoms with Crippen LogP contribution < -0.4 is 10.6 Å². The lowest BCUT2D eigenvalue weighted by Gasteiger charge is -2.35. The van der Waals surface area contributed by atoms with Gasteiger partial charge >= 0.3 is 0 Å². The fraction of sp³-hybridized carbons (Fsp3) is 0.292. The van der Waals surface area contributed by atoms with Gasteiger partial charge in [-0.15, -0.1) is 0 Å². The van der Waals surface area contributed by atoms with Gasteiger partial charge in [0.25, 0.3) is 5.91 Å². The van der Waals surface area contributed by atoms with Gasteiger partial charge in [0.2, 0.25) is 11.8 Å². The van der Waals surface area contributed by atoms with Gasteiger partial charge in [0.1, 0.15) is 0 Å². The second-order valence-corrected chi connectivity index (χ2v) is 7.98. The molecule has 0 radical (unpaired) electrons. The van der Waals surface area contributed by atoms with Gasteiger partial charge in [-0.3, -0.25) is 19.7 Å². The molecule has 1 aromatic heterocycles. The molecule has 4 rings (SSSR count). The van der Waals surface area contributed by atoms with Gasteiger partial charge in [0, 0.05) is 34.3 Å². The summed E-state index contributed by atoms with van der Waals surface area (Å²) in [5, 5.41) is 6.42. The SMILES string of the molecule is CCC1(c2ccc(NC(=O)c3ccc4[nH]c(C)c(C)c4c3)cc2)CCC(=O)NC1=O. The molecule has 1 fully saturated rings. The number of anilines is 1. The molecule has 2 aromatic carbocycles. The predicted octanol–water partition coefficient (Wildman–Crippen LogP) is 4.12. The van der Waals surface area contributed by atoms with Crippen LogP contribution in [0.15, 0.2) is 42.5 Å². The lowest BCUT2D eigenvalue weighted by Crippen LogP contribution is -2.51. The molecule has 3 N–H and O–H groups in total. The molecular formula is C24H25N3O3. The van der Waals surface area contributed by atoms with Gasteiger partial charge in [0.15, 0.2) is 0 Å². The highest BCUT2D eigenvalue weighted by atomic mass is 16.2. The summed E-state index contributed by atoms with van der Waals surface area (Å²) in [4.78, 5) is 40.1. The third kappa shape index (κ3) is 3.28. The summed E-state index contributed by atoms with van der Waals surface area (Å²) < 4.78 is 0. The van der Waals surface area contributed by atoms with Crippen LogP contribution in [0, 0.1) is 13.8 Å². The lowest BCUT2D eigenvalue weighted by molar-refractivity contribution is -0.138. The number of benzene rings is 2. The van der Waals surface area contributed by atoms with Gasteiger partial charge in [-0.1, -0.05) is 19.1 Å². The second-order valence-electron chi connectivity index (χ2n) is 7.98. The van der Waals surface area contributed by atoms with E-state index < -0.39 is 5.41 Å². The Morgan fingerprint density at radius 3 is 2.50 bits per heavy atom. The van der Waals surface area contributed by atoms with Crippen molar-refractivity contribution < 1.29 is 14.4 Å². The van der Waals surface area contributed by atoms with E-state index in [1.165, 1.54) is 0 Å². The minimum absolute atomic E-state index is 0.186. The van der Waals surface area contributed by atoms with E-state index in [0.29, 0.717) is 30.5 Å². The van der Waals surface area contributed by atoms with E-state index in [1.54, 1.807) is 18.2 Å². The van der Waals surface area contributed by atoms with Gasteiger partial charge in [-0.2, -0.15) is 0 Å². The summed E-state index contributed by atoms with van der Waals surface area (Å²) in [7, 11) is 0. The number of carbonyl (C=O) groups is 3. The summed E-state index contributed by atoms with van der Waals surface area (Å²) in [6.45, 7) is 6.00. The van der Waals surface area contributed by atoms with E-state index in [2.05, 4.69) is 15.6 Å². The van der Waals surface area contributed by atoms with Crippen LogP contribution in [0.1, 0.15) is 53.4 Å². The molecule has 0 saturated carbocycles. The molecule has 1 atom stereocenters. The molecule has 1 aliphatic heterocycles. The maximum atomic E-state index is 12.7. The highest BCUT2D eigenvalue weighted by Gasteiger charge is 2.42. The third-order valence-electron chi connectivity index (χ3n) is 6.34. The Morgan fingerprint density at radius 2 is 1.83 bits per heavy atom. The van der Waals surface area contributed by atoms with Crippen LogP contribution in [0.4, 0.5) is 5.69 Å². The Labute approximate surface area is 175 Å². The first-order valence-electron chi connectivity index (χ1n) is 10.2. The quantitative estimate of drug-likeness (QED) is 0.572. The molecule has 0 aliphatic carbocycles. The third-order valence-corrected chi connectivity index (χ3v) is 6.34. The van der Waals surface area contributed by atoms with Crippen LogP contribution in [-0.2, 0) is 15.0 Å². The van der Waals surface area contributed by atoms with E-state index >= 15 is 0 Å². The number of piperidine rings is 1. The minimum atomic E-state index is -0.703. The van der Waals surface area contributed by atoms with Crippen LogP contribution in [0.3, 0.4) is 0 Å². The monoisotopic (exact) mass is 403 g/mol. The van der Waals surface area contributed by atoms with Crippen LogP contribution >= 0.6 is 0 Å². The minimum Gasteiger partial charge on any atom is -0.358 e. The van der Waals surface area contributed by atoms with Gasteiger partial charge < -0.3 is 10.3 Å². The van der Waals surface area contributed by atoms with E-state index in [-0.39, 0.29) is 17.7 Å². The van der Waals surface area contributed by atoms with E-state index in [9.17, 15) is 14.4 Å². The fourth-order valence-corrected chi connectivity index (χ4v) is 4.24. The zero-order chi connectivity index (χ0) is 21.5. The van der Waals surface area contributed by atoms with Crippen molar-refractivity contribution >= 4 is 34.3 Å². The van der Waals surface area contributed by atoms with Crippen molar-refractivity contribution in [3.05, 3.63) is 64.8 Å². The summed E-state index contributed by atoms with van der Waals surface area (Å²) in [6.07, 6.45) is 1.43. The first-order chi connectivity index (χ1) is 14.3. The number of imide groups is 1. The normalized spacial score (nSPS) is 19.0. The number of hydrogen-bond acceptors (Lipinski definition) is 3. The van der Waals surface area contributed by atoms with Crippen LogP contribution in [0.25, 0.3) is 10.9 Å². The molecule has 6 heteroatoms. The molecule has 1 aliphatic rings. The number of aryl methyl sites for hydroxylation is 2. The molecule has 0 bridgehead atoms. The Bertz CT molecular complexity index is 1160. The number of aromatic nitrogens is 1. The van der Waals surface area contributed by atoms with E-state index in [4.69, 9.17) is 0 Å². The molecular weight excluding hydrogens is 378 g/mol. The Balaban J connectivity index is 1.55. The molecule has 154 valence electrons. The number of carbonyl (C=O) groups excluding carboxylic acids is 3. The Kier molecular flexibility index (Phi) is 4.94. The van der Waals surface area contributed by atoms with Crippen molar-refractivity contribution in [1.29, 1.82) is 0 Å². The highest BCUT2D eigenvalue weighted by Crippen LogP contribution is 2.36. The number of nitrogens with one attached hydrogen (secondary N) is 3. The number of aromatic amines is 1. The number of H-pyrrole nitrogens is 1. The summed E-state index contributed by atoms with van der Waals surface area (Å²) in [6, 6.07) is 12.9. The summed E-state index contributed by atoms with van der Waals surface area (Å²) in [5.74, 6) is -0.657. The second kappa shape index (κ2) is 7.44. The van der Waals surface area contributed by atoms with Crippen molar-refractivity contribution in [3.63, 3.8) is 0 Å². The van der Waals surface area contributed by atoms with Gasteiger partial charge in [-0.05, 0) is 68.1 Å². The first kappa shape index (κ1) is 19.9. The number of rotatable bonds is 4. The van der Waals surface area contributed by atoms with Crippen LogP contribution in [0.2, 0.25) is 0 Å². The zero-order valence-electron chi connectivity index (χ0n) is 17.4. The number of hydrogen-bond donors (Lipinski definition) is 3. The number of fused-ring (bicyclic) bond motifs is 1. The molecule has 3 amide bonds. The smallest absolute Gasteiger partial charge is 0.255 e. The molecule has 0 spiro atoms. The van der Waals surface area contributed by atoms with Crippen LogP contribution in [-0.4, -0.2) is 22.7 Å². The topological polar surface area (TPSA) is 91.1 Å². The average molecular weight is 403 g/mol. The molecule has 30 heavy (non-hydrogen) atoms. The van der Waals surface area contributed by atoms with Crippen molar-refractivity contribution in [2.75, 3.05) is 5.32 Å². The first-order valence-corrected chi connectivity index (χ1v) is 10.2. The highest BCUT2D eigenvalue weighted by molar-refractivity contribution is 6.07. The van der Waals surface area contributed by atoms with Gasteiger partial charge in [-0.25, -0.2) is 0 Å². The molecule has 3 aromatic rings. The molecule has 2 heterocycles. The number of amides is 3. The Hall–Kier alpha value is -3.41. The fourth-order valence-electron chi connectivity index (χ4n) is 4.24. The lowest BCUT2D eigenvalue weighted by atomic mass is 9.72. The molecule has 6 nitrogen and oxygen atoms in total. The summed E-state index contributed by atoms with van der Waals surface area (Å²) >= 11 is 0. The van der Waals surface area contributed by atoms with E-state index in [0.717, 1.165) is 27.7 Å². The van der Waals surface area contributed by atoms with Crippen molar-refractivity contribution in [2.24, 2.45) is 0 Å². The zero-order valence-corrected chi connectivity index (χ0v) is 17.4. The van der Waals surface area contributed by atoms with Crippen molar-refractivity contribution in [1.82, 2.24) is 10.3 Å². The summed E-state index contributed by atoms with van der Waals surface area (Å²) in [5.41, 5.74) is 4.64. The largest absolute Gasteiger partial charge is 0.358 e. The average Bonchev–Trinajstić information content (AvgIpc) is 3.02. The van der Waals surface area contributed by atoms with Crippen LogP contribution in [0.5, 0.6) is 0 Å². The standard InChI is InChI=1S/C24H25N3O3/c1-4-24(12-11-21(28)27-23(24)30)17-6-8-18(9-7-17)26-22(29)16-5-10-20-19(13-16)14(2)15(3)25-20/h5-10,13,25H,4,11-12H2,1-3H3,(H,26,29)(H,27,28,30). The van der Waals surface area contributed by atoms with Crippen molar-refractivity contribution in [3.8, 4) is 0 Å². The maximum Gasteiger partial charge on any atom is 0.255 e. The molecule has 1 unspecified atom stereocenters. The van der Waals surface area contributed by atoms with Crippen molar-refractivity contribution in [2.45, 2.75) is 45.4 Å². The maximum absolute atomic E-state index is 12.7. The van der Waals surface area contributed by atoms with Gasteiger partial charge in [0.05, 0.1) is 5.41 Å². The van der Waals surface area contributed by atoms with E-state index in [1.807, 2.05) is 45.0 Å². The predicted molar refractivity (Wildman–Crippen MR) is 117 cm³/mol.